The average Bonchev–Trinajstić information content (AvgIpc) is 2.87. The maximum Gasteiger partial charge on any atom is 0.0673 e. The summed E-state index contributed by atoms with van der Waals surface area (Å²) in [6, 6.07) is 10.5. The van der Waals surface area contributed by atoms with E-state index in [2.05, 4.69) is 34.7 Å². The van der Waals surface area contributed by atoms with Crippen LogP contribution in [0.5, 0.6) is 0 Å². The molecule has 15 heavy (non-hydrogen) atoms. The third kappa shape index (κ3) is 1.55. The Balaban J connectivity index is 2.07. The highest BCUT2D eigenvalue weighted by Crippen LogP contribution is 2.24. The Morgan fingerprint density at radius 3 is 3.07 bits per heavy atom. The van der Waals surface area contributed by atoms with Crippen LogP contribution in [0.4, 0.5) is 0 Å². The SMILES string of the molecule is c1cc(Cn2cccn2)c2sccc2c1. The van der Waals surface area contributed by atoms with Crippen LogP contribution in [0.25, 0.3) is 10.1 Å². The van der Waals surface area contributed by atoms with Gasteiger partial charge < -0.3 is 0 Å². The predicted molar refractivity (Wildman–Crippen MR) is 63.2 cm³/mol. The van der Waals surface area contributed by atoms with Gasteiger partial charge in [0.2, 0.25) is 0 Å². The Morgan fingerprint density at radius 2 is 2.20 bits per heavy atom. The van der Waals surface area contributed by atoms with Gasteiger partial charge in [0.15, 0.2) is 0 Å². The summed E-state index contributed by atoms with van der Waals surface area (Å²) < 4.78 is 3.32. The molecule has 0 saturated carbocycles. The zero-order valence-electron chi connectivity index (χ0n) is 8.13. The lowest BCUT2D eigenvalue weighted by atomic mass is 10.2. The van der Waals surface area contributed by atoms with Gasteiger partial charge in [-0.05, 0) is 28.5 Å². The molecule has 3 rings (SSSR count). The molecule has 0 atom stereocenters. The molecule has 0 N–H and O–H groups in total. The second-order valence-electron chi connectivity index (χ2n) is 3.46. The van der Waals surface area contributed by atoms with E-state index in [0.717, 1.165) is 6.54 Å². The molecule has 3 heteroatoms. The van der Waals surface area contributed by atoms with Gasteiger partial charge >= 0.3 is 0 Å². The molecule has 0 fully saturated rings. The van der Waals surface area contributed by atoms with Crippen LogP contribution in [-0.4, -0.2) is 9.78 Å². The summed E-state index contributed by atoms with van der Waals surface area (Å²) in [5.41, 5.74) is 1.34. The first-order valence-electron chi connectivity index (χ1n) is 4.86. The molecule has 2 aromatic heterocycles. The minimum absolute atomic E-state index is 0.852. The Hall–Kier alpha value is -1.61. The zero-order chi connectivity index (χ0) is 10.1. The van der Waals surface area contributed by atoms with Crippen molar-refractivity contribution in [3.8, 4) is 0 Å². The van der Waals surface area contributed by atoms with Gasteiger partial charge in [0.1, 0.15) is 0 Å². The topological polar surface area (TPSA) is 17.8 Å². The second kappa shape index (κ2) is 3.51. The van der Waals surface area contributed by atoms with Crippen LogP contribution in [0, 0.1) is 0 Å². The predicted octanol–water partition coefficient (Wildman–Crippen LogP) is 3.15. The molecular weight excluding hydrogens is 204 g/mol. The minimum atomic E-state index is 0.852. The smallest absolute Gasteiger partial charge is 0.0673 e. The van der Waals surface area contributed by atoms with Crippen LogP contribution in [0.15, 0.2) is 48.1 Å². The number of hydrogen-bond acceptors (Lipinski definition) is 2. The maximum absolute atomic E-state index is 4.22. The van der Waals surface area contributed by atoms with E-state index in [1.165, 1.54) is 15.6 Å². The average molecular weight is 214 g/mol. The summed E-state index contributed by atoms with van der Waals surface area (Å²) in [6.07, 6.45) is 3.81. The van der Waals surface area contributed by atoms with Gasteiger partial charge in [0.25, 0.3) is 0 Å². The number of hydrogen-bond donors (Lipinski definition) is 0. The van der Waals surface area contributed by atoms with E-state index in [1.54, 1.807) is 11.3 Å². The lowest BCUT2D eigenvalue weighted by molar-refractivity contribution is 0.691. The van der Waals surface area contributed by atoms with E-state index in [0.29, 0.717) is 0 Å². The summed E-state index contributed by atoms with van der Waals surface area (Å²) in [7, 11) is 0. The van der Waals surface area contributed by atoms with Gasteiger partial charge in [-0.15, -0.1) is 11.3 Å². The highest BCUT2D eigenvalue weighted by molar-refractivity contribution is 7.17. The molecule has 2 nitrogen and oxygen atoms in total. The van der Waals surface area contributed by atoms with Gasteiger partial charge in [-0.1, -0.05) is 18.2 Å². The van der Waals surface area contributed by atoms with Crippen molar-refractivity contribution in [3.05, 3.63) is 53.7 Å². The molecule has 0 spiro atoms. The zero-order valence-corrected chi connectivity index (χ0v) is 8.95. The molecular formula is C12H10N2S. The quantitative estimate of drug-likeness (QED) is 0.640. The molecule has 3 aromatic rings. The van der Waals surface area contributed by atoms with Gasteiger partial charge in [-0.3, -0.25) is 4.68 Å². The van der Waals surface area contributed by atoms with Crippen molar-refractivity contribution in [2.24, 2.45) is 0 Å². The van der Waals surface area contributed by atoms with Crippen molar-refractivity contribution in [1.82, 2.24) is 9.78 Å². The number of rotatable bonds is 2. The first-order valence-corrected chi connectivity index (χ1v) is 5.74. The maximum atomic E-state index is 4.22. The lowest BCUT2D eigenvalue weighted by Crippen LogP contribution is -1.99. The molecule has 0 aliphatic carbocycles. The number of fused-ring (bicyclic) bond motifs is 1. The molecule has 2 heterocycles. The van der Waals surface area contributed by atoms with E-state index in [4.69, 9.17) is 0 Å². The molecule has 1 aromatic carbocycles. The first-order chi connectivity index (χ1) is 7.43. The normalized spacial score (nSPS) is 10.9. The number of benzene rings is 1. The van der Waals surface area contributed by atoms with Crippen molar-refractivity contribution in [1.29, 1.82) is 0 Å². The largest absolute Gasteiger partial charge is 0.268 e. The third-order valence-corrected chi connectivity index (χ3v) is 3.46. The van der Waals surface area contributed by atoms with Gasteiger partial charge in [0, 0.05) is 17.1 Å². The Labute approximate surface area is 91.8 Å². The van der Waals surface area contributed by atoms with Crippen LogP contribution < -0.4 is 0 Å². The van der Waals surface area contributed by atoms with Crippen LogP contribution in [0.1, 0.15) is 5.56 Å². The fourth-order valence-electron chi connectivity index (χ4n) is 1.75. The number of thiophene rings is 1. The van der Waals surface area contributed by atoms with Gasteiger partial charge in [-0.25, -0.2) is 0 Å². The molecule has 0 unspecified atom stereocenters. The number of nitrogens with zero attached hydrogens (tertiary/aromatic N) is 2. The van der Waals surface area contributed by atoms with Crippen LogP contribution >= 0.6 is 11.3 Å². The monoisotopic (exact) mass is 214 g/mol. The van der Waals surface area contributed by atoms with E-state index >= 15 is 0 Å². The summed E-state index contributed by atoms with van der Waals surface area (Å²) in [4.78, 5) is 0. The Kier molecular flexibility index (Phi) is 2.03. The Morgan fingerprint density at radius 1 is 1.20 bits per heavy atom. The minimum Gasteiger partial charge on any atom is -0.268 e. The molecule has 0 aliphatic heterocycles. The van der Waals surface area contributed by atoms with E-state index in [9.17, 15) is 0 Å². The van der Waals surface area contributed by atoms with Crippen molar-refractivity contribution in [2.45, 2.75) is 6.54 Å². The summed E-state index contributed by atoms with van der Waals surface area (Å²) >= 11 is 1.79. The van der Waals surface area contributed by atoms with Crippen molar-refractivity contribution < 1.29 is 0 Å². The molecule has 0 radical (unpaired) electrons. The number of aromatic nitrogens is 2. The fourth-order valence-corrected chi connectivity index (χ4v) is 2.65. The molecule has 0 amide bonds. The van der Waals surface area contributed by atoms with Crippen molar-refractivity contribution in [3.63, 3.8) is 0 Å². The summed E-state index contributed by atoms with van der Waals surface area (Å²) in [5.74, 6) is 0. The van der Waals surface area contributed by atoms with Crippen LogP contribution in [-0.2, 0) is 6.54 Å². The highest BCUT2D eigenvalue weighted by Gasteiger charge is 2.02. The van der Waals surface area contributed by atoms with E-state index in [1.807, 2.05) is 23.1 Å². The Bertz CT molecular complexity index is 566. The highest BCUT2D eigenvalue weighted by atomic mass is 32.1. The lowest BCUT2D eigenvalue weighted by Gasteiger charge is -2.03. The third-order valence-electron chi connectivity index (χ3n) is 2.45. The van der Waals surface area contributed by atoms with Gasteiger partial charge in [-0.2, -0.15) is 5.10 Å². The van der Waals surface area contributed by atoms with E-state index < -0.39 is 0 Å². The summed E-state index contributed by atoms with van der Waals surface area (Å²) in [6.45, 7) is 0.852. The van der Waals surface area contributed by atoms with Crippen LogP contribution in [0.3, 0.4) is 0 Å². The van der Waals surface area contributed by atoms with Crippen molar-refractivity contribution >= 4 is 21.4 Å². The molecule has 74 valence electrons. The molecule has 0 saturated heterocycles. The van der Waals surface area contributed by atoms with E-state index in [-0.39, 0.29) is 0 Å². The van der Waals surface area contributed by atoms with Crippen LogP contribution in [0.2, 0.25) is 0 Å². The standard InChI is InChI=1S/C12H10N2S/c1-3-10-5-8-15-12(10)11(4-1)9-14-7-2-6-13-14/h1-8H,9H2. The summed E-state index contributed by atoms with van der Waals surface area (Å²) in [5, 5.41) is 7.68. The van der Waals surface area contributed by atoms with Gasteiger partial charge in [0.05, 0.1) is 6.54 Å². The molecule has 0 aliphatic rings. The van der Waals surface area contributed by atoms with Crippen molar-refractivity contribution in [2.75, 3.05) is 0 Å². The molecule has 0 bridgehead atoms. The fraction of sp³-hybridized carbons (Fsp3) is 0.0833. The first kappa shape index (κ1) is 8.68. The second-order valence-corrected chi connectivity index (χ2v) is 4.38.